The van der Waals surface area contributed by atoms with E-state index in [1.165, 1.54) is 47.6 Å². The van der Waals surface area contributed by atoms with Gasteiger partial charge in [0.2, 0.25) is 0 Å². The molecule has 1 saturated heterocycles. The third-order valence-corrected chi connectivity index (χ3v) is 5.83. The van der Waals surface area contributed by atoms with Crippen LogP contribution in [0.3, 0.4) is 0 Å². The Balaban J connectivity index is 0.00000117. The first-order valence-corrected chi connectivity index (χ1v) is 13.3. The first-order chi connectivity index (χ1) is 14.1. The molecule has 0 unspecified atom stereocenters. The molecule has 1 aromatic carbocycles. The van der Waals surface area contributed by atoms with Crippen LogP contribution in [0.4, 0.5) is 5.69 Å². The van der Waals surface area contributed by atoms with E-state index >= 15 is 0 Å². The summed E-state index contributed by atoms with van der Waals surface area (Å²) in [6, 6.07) is 6.78. The second-order valence-electron chi connectivity index (χ2n) is 8.47. The molecular formula is C24H32AuClN3-. The summed E-state index contributed by atoms with van der Waals surface area (Å²) in [5, 5.41) is 0. The van der Waals surface area contributed by atoms with Crippen LogP contribution in [0.2, 0.25) is 0 Å². The Labute approximate surface area is 192 Å². The van der Waals surface area contributed by atoms with Crippen LogP contribution < -0.4 is 4.90 Å². The van der Waals surface area contributed by atoms with E-state index in [0.717, 1.165) is 13.1 Å². The average Bonchev–Trinajstić information content (AvgIpc) is 3.19. The minimum atomic E-state index is 0.496. The summed E-state index contributed by atoms with van der Waals surface area (Å²) in [7, 11) is 4.58. The number of halogens is 1. The first-order valence-electron chi connectivity index (χ1n) is 10.6. The van der Waals surface area contributed by atoms with E-state index in [-0.39, 0.29) is 0 Å². The van der Waals surface area contributed by atoms with Crippen molar-refractivity contribution in [1.82, 2.24) is 9.80 Å². The second-order valence-corrected chi connectivity index (χ2v) is 8.47. The zero-order valence-electron chi connectivity index (χ0n) is 17.8. The van der Waals surface area contributed by atoms with E-state index in [1.807, 2.05) is 0 Å². The number of hydrogen-bond acceptors (Lipinski definition) is 3. The molecule has 3 heterocycles. The molecule has 0 N–H and O–H groups in total. The quantitative estimate of drug-likeness (QED) is 0.287. The molecule has 0 saturated carbocycles. The fourth-order valence-electron chi connectivity index (χ4n) is 4.37. The summed E-state index contributed by atoms with van der Waals surface area (Å²) in [5.41, 5.74) is 5.45. The molecule has 0 bridgehead atoms. The normalized spacial score (nSPS) is 18.6. The third kappa shape index (κ3) is 4.80. The standard InChI is InChI=1S/C24H32N3.Au.ClH/c1-18(2)21-11-9-12-22(19(3)4)24(21)26-16-20-10-8-13-23(27(20)17-26)25-14-6-5-7-15-25;;/h8-13,16-19H,5-7,14-15H2,1-4H3;;1H/q-1;+1;/p-1. The number of para-hydroxylation sites is 1. The monoisotopic (exact) mass is 594 g/mol. The number of benzene rings is 1. The van der Waals surface area contributed by atoms with Crippen LogP contribution in [0.15, 0.2) is 54.1 Å². The molecular weight excluding hydrogens is 563 g/mol. The number of hydrogen-bond donors (Lipinski definition) is 0. The summed E-state index contributed by atoms with van der Waals surface area (Å²) in [6.07, 6.45) is 12.9. The van der Waals surface area contributed by atoms with Gasteiger partial charge in [-0.05, 0) is 60.6 Å². The van der Waals surface area contributed by atoms with Crippen LogP contribution in [-0.2, 0) is 20.0 Å². The van der Waals surface area contributed by atoms with Crippen LogP contribution in [0, 0.1) is 6.67 Å². The van der Waals surface area contributed by atoms with Gasteiger partial charge in [0.05, 0.1) is 5.82 Å². The van der Waals surface area contributed by atoms with Crippen molar-refractivity contribution in [2.24, 2.45) is 0 Å². The van der Waals surface area contributed by atoms with Crippen LogP contribution in [0.25, 0.3) is 0 Å². The molecule has 3 aliphatic rings. The van der Waals surface area contributed by atoms with Crippen molar-refractivity contribution in [2.75, 3.05) is 18.0 Å². The van der Waals surface area contributed by atoms with Crippen molar-refractivity contribution in [2.45, 2.75) is 58.8 Å². The average molecular weight is 595 g/mol. The maximum atomic E-state index is 4.58. The second kappa shape index (κ2) is 10.3. The van der Waals surface area contributed by atoms with Crippen molar-refractivity contribution < 1.29 is 20.0 Å². The van der Waals surface area contributed by atoms with E-state index in [2.05, 4.69) is 101 Å². The molecule has 5 heteroatoms. The summed E-state index contributed by atoms with van der Waals surface area (Å²) >= 11 is 1.75. The van der Waals surface area contributed by atoms with Crippen molar-refractivity contribution in [3.8, 4) is 0 Å². The van der Waals surface area contributed by atoms with Gasteiger partial charge >= 0.3 is 29.2 Å². The van der Waals surface area contributed by atoms with Crippen LogP contribution in [-0.4, -0.2) is 22.9 Å². The SMILES string of the molecule is CC(C)c1cccc(C(C)C)c1N1C=C2C=CC=C(N3CCCCC3)N2[CH-]1.[Cl][Au]. The van der Waals surface area contributed by atoms with E-state index in [0.29, 0.717) is 11.8 Å². The van der Waals surface area contributed by atoms with Crippen molar-refractivity contribution >= 4 is 14.9 Å². The van der Waals surface area contributed by atoms with Crippen LogP contribution in [0.5, 0.6) is 0 Å². The molecule has 0 spiro atoms. The van der Waals surface area contributed by atoms with Crippen LogP contribution in [0.1, 0.15) is 69.9 Å². The van der Waals surface area contributed by atoms with E-state index in [9.17, 15) is 0 Å². The van der Waals surface area contributed by atoms with Gasteiger partial charge in [-0.3, -0.25) is 0 Å². The van der Waals surface area contributed by atoms with Gasteiger partial charge in [0.1, 0.15) is 0 Å². The number of rotatable bonds is 4. The molecule has 1 fully saturated rings. The Morgan fingerprint density at radius 1 is 0.966 bits per heavy atom. The molecule has 0 radical (unpaired) electrons. The molecule has 1 aromatic rings. The van der Waals surface area contributed by atoms with E-state index in [1.54, 1.807) is 20.0 Å². The molecule has 0 atom stereocenters. The predicted molar refractivity (Wildman–Crippen MR) is 120 cm³/mol. The summed E-state index contributed by atoms with van der Waals surface area (Å²) in [5.74, 6) is 2.31. The van der Waals surface area contributed by atoms with E-state index in [4.69, 9.17) is 0 Å². The topological polar surface area (TPSA) is 9.72 Å². The fraction of sp³-hybridized carbons (Fsp3) is 0.458. The van der Waals surface area contributed by atoms with Gasteiger partial charge in [0, 0.05) is 24.5 Å². The zero-order valence-corrected chi connectivity index (χ0v) is 20.8. The van der Waals surface area contributed by atoms with Gasteiger partial charge in [-0.25, -0.2) is 0 Å². The third-order valence-electron chi connectivity index (χ3n) is 5.83. The molecule has 4 rings (SSSR count). The molecule has 29 heavy (non-hydrogen) atoms. The number of piperidine rings is 1. The predicted octanol–water partition coefficient (Wildman–Crippen LogP) is 6.60. The molecule has 3 aliphatic heterocycles. The van der Waals surface area contributed by atoms with Gasteiger partial charge < -0.3 is 14.7 Å². The first kappa shape index (κ1) is 22.6. The van der Waals surface area contributed by atoms with Gasteiger partial charge in [-0.2, -0.15) is 0 Å². The molecule has 0 aromatic heterocycles. The Bertz CT molecular complexity index is 765. The van der Waals surface area contributed by atoms with Crippen molar-refractivity contribution in [3.63, 3.8) is 0 Å². The molecule has 162 valence electrons. The summed E-state index contributed by atoms with van der Waals surface area (Å²) in [6.45, 7) is 13.8. The van der Waals surface area contributed by atoms with Gasteiger partial charge in [0.25, 0.3) is 0 Å². The molecule has 3 nitrogen and oxygen atoms in total. The molecule has 0 amide bonds. The van der Waals surface area contributed by atoms with Crippen LogP contribution >= 0.6 is 9.19 Å². The molecule has 0 aliphatic carbocycles. The number of fused-ring (bicyclic) bond motifs is 1. The number of likely N-dealkylation sites (tertiary alicyclic amines) is 1. The number of anilines is 1. The Morgan fingerprint density at radius 3 is 2.17 bits per heavy atom. The van der Waals surface area contributed by atoms with Crippen molar-refractivity contribution in [1.29, 1.82) is 0 Å². The van der Waals surface area contributed by atoms with Gasteiger partial charge in [0.15, 0.2) is 0 Å². The minimum absolute atomic E-state index is 0.496. The Kier molecular flexibility index (Phi) is 7.98. The van der Waals surface area contributed by atoms with Gasteiger partial charge in [-0.15, -0.1) is 6.67 Å². The van der Waals surface area contributed by atoms with Gasteiger partial charge in [-0.1, -0.05) is 52.0 Å². The van der Waals surface area contributed by atoms with E-state index < -0.39 is 0 Å². The Hall–Kier alpha value is -1.13. The zero-order chi connectivity index (χ0) is 21.0. The fourth-order valence-corrected chi connectivity index (χ4v) is 4.37. The number of nitrogens with zero attached hydrogens (tertiary/aromatic N) is 3. The van der Waals surface area contributed by atoms with Crippen molar-refractivity contribution in [3.05, 3.63) is 71.9 Å². The summed E-state index contributed by atoms with van der Waals surface area (Å²) in [4.78, 5) is 7.26. The number of allylic oxidation sites excluding steroid dienone is 3. The maximum absolute atomic E-state index is 4.58. The Morgan fingerprint density at radius 2 is 1.59 bits per heavy atom. The summed E-state index contributed by atoms with van der Waals surface area (Å²) < 4.78 is 0.